The minimum absolute atomic E-state index is 0.0823. The molecule has 1 saturated carbocycles. The Bertz CT molecular complexity index is 1150. The van der Waals surface area contributed by atoms with Crippen molar-refractivity contribution in [3.8, 4) is 11.5 Å². The number of benzene rings is 1. The van der Waals surface area contributed by atoms with Crippen LogP contribution in [-0.2, 0) is 24.8 Å². The van der Waals surface area contributed by atoms with Crippen LogP contribution in [0.25, 0.3) is 0 Å². The number of phosphoric ester groups is 1. The van der Waals surface area contributed by atoms with Crippen molar-refractivity contribution in [2.45, 2.75) is 142 Å². The number of unbranched alkanes of at least 4 members (excludes halogenated alkanes) is 7. The minimum Gasteiger partial charge on any atom is -0.507 e. The van der Waals surface area contributed by atoms with Gasteiger partial charge in [-0.15, -0.1) is 0 Å². The lowest BCUT2D eigenvalue weighted by Crippen LogP contribution is -2.41. The summed E-state index contributed by atoms with van der Waals surface area (Å²) in [6.45, 7) is 12.6. The summed E-state index contributed by atoms with van der Waals surface area (Å²) >= 11 is 0. The topological polar surface area (TPSA) is 102 Å². The van der Waals surface area contributed by atoms with Crippen molar-refractivity contribution in [3.05, 3.63) is 47.1 Å². The number of carbonyl (C=O) groups is 1. The number of phenolic OH excluding ortho intramolecular Hbond substituents is 1. The Labute approximate surface area is 259 Å². The highest BCUT2D eigenvalue weighted by Crippen LogP contribution is 2.53. The lowest BCUT2D eigenvalue weighted by Gasteiger charge is -2.33. The maximum Gasteiger partial charge on any atom is 0.473 e. The number of rotatable bonds is 18. The minimum atomic E-state index is -4.51. The fourth-order valence-electron chi connectivity index (χ4n) is 6.56. The molecular weight excluding hydrogens is 563 g/mol. The van der Waals surface area contributed by atoms with Gasteiger partial charge in [-0.25, -0.2) is 9.36 Å². The van der Waals surface area contributed by atoms with E-state index < -0.39 is 19.4 Å². The summed E-state index contributed by atoms with van der Waals surface area (Å²) in [5, 5.41) is 11.3. The molecule has 2 aliphatic rings. The number of hydrogen-bond acceptors (Lipinski definition) is 6. The quantitative estimate of drug-likeness (QED) is 0.0555. The second kappa shape index (κ2) is 17.0. The van der Waals surface area contributed by atoms with E-state index in [1.54, 1.807) is 6.07 Å². The van der Waals surface area contributed by atoms with Crippen LogP contribution in [0.4, 0.5) is 0 Å². The van der Waals surface area contributed by atoms with Crippen molar-refractivity contribution in [1.82, 2.24) is 0 Å². The van der Waals surface area contributed by atoms with Gasteiger partial charge < -0.3 is 14.7 Å². The molecule has 0 radical (unpaired) electrons. The molecule has 0 bridgehead atoms. The molecule has 0 saturated heterocycles. The zero-order valence-corrected chi connectivity index (χ0v) is 27.9. The number of carbonyl (C=O) groups excluding carboxylic acids is 1. The van der Waals surface area contributed by atoms with Crippen molar-refractivity contribution < 1.29 is 33.1 Å². The molecule has 8 heteroatoms. The highest BCUT2D eigenvalue weighted by atomic mass is 31.2. The molecule has 0 heterocycles. The Hall–Kier alpha value is -1.92. The molecule has 7 nitrogen and oxygen atoms in total. The van der Waals surface area contributed by atoms with E-state index in [0.717, 1.165) is 49.7 Å². The van der Waals surface area contributed by atoms with Gasteiger partial charge in [0.25, 0.3) is 0 Å². The number of allylic oxidation sites excluding steroid dienone is 3. The van der Waals surface area contributed by atoms with E-state index in [2.05, 4.69) is 33.4 Å². The molecule has 0 aromatic heterocycles. The number of esters is 1. The average Bonchev–Trinajstić information content (AvgIpc) is 3.41. The second-order valence-corrected chi connectivity index (χ2v) is 14.1. The zero-order valence-electron chi connectivity index (χ0n) is 27.0. The van der Waals surface area contributed by atoms with Gasteiger partial charge in [-0.1, -0.05) is 89.0 Å². The average molecular weight is 619 g/mol. The van der Waals surface area contributed by atoms with Crippen LogP contribution in [0.15, 0.2) is 35.9 Å². The van der Waals surface area contributed by atoms with Crippen LogP contribution in [0, 0.1) is 5.92 Å². The molecule has 0 spiro atoms. The summed E-state index contributed by atoms with van der Waals surface area (Å²) in [4.78, 5) is 24.5. The number of aryl methyl sites for hydroxylation is 1. The summed E-state index contributed by atoms with van der Waals surface area (Å²) in [5.74, 6) is -0.475. The highest BCUT2D eigenvalue weighted by molar-refractivity contribution is 7.47. The predicted octanol–water partition coefficient (Wildman–Crippen LogP) is 9.85. The third-order valence-corrected chi connectivity index (χ3v) is 10.0. The normalized spacial score (nSPS) is 21.3. The first-order valence-electron chi connectivity index (χ1n) is 16.6. The van der Waals surface area contributed by atoms with Crippen LogP contribution < -0.4 is 4.74 Å². The Balaban J connectivity index is 1.77. The van der Waals surface area contributed by atoms with Gasteiger partial charge >= 0.3 is 13.8 Å². The fraction of sp³-hybridized carbons (Fsp3) is 0.686. The lowest BCUT2D eigenvalue weighted by molar-refractivity contribution is -0.153. The van der Waals surface area contributed by atoms with E-state index in [-0.39, 0.29) is 42.8 Å². The van der Waals surface area contributed by atoms with Crippen molar-refractivity contribution in [1.29, 1.82) is 0 Å². The van der Waals surface area contributed by atoms with Crippen LogP contribution in [0.3, 0.4) is 0 Å². The van der Waals surface area contributed by atoms with Crippen LogP contribution in [-0.4, -0.2) is 28.2 Å². The maximum atomic E-state index is 13.9. The van der Waals surface area contributed by atoms with Crippen molar-refractivity contribution >= 4 is 13.8 Å². The summed E-state index contributed by atoms with van der Waals surface area (Å²) in [6.07, 6.45) is 16.2. The van der Waals surface area contributed by atoms with E-state index in [1.165, 1.54) is 31.3 Å². The van der Waals surface area contributed by atoms with Crippen molar-refractivity contribution in [3.63, 3.8) is 0 Å². The lowest BCUT2D eigenvalue weighted by atomic mass is 9.73. The van der Waals surface area contributed by atoms with Gasteiger partial charge in [-0.3, -0.25) is 9.05 Å². The van der Waals surface area contributed by atoms with E-state index in [9.17, 15) is 19.4 Å². The maximum absolute atomic E-state index is 13.9. The second-order valence-electron chi connectivity index (χ2n) is 12.8. The van der Waals surface area contributed by atoms with Crippen LogP contribution in [0.1, 0.15) is 141 Å². The van der Waals surface area contributed by atoms with Gasteiger partial charge in [0.1, 0.15) is 11.5 Å². The third kappa shape index (κ3) is 10.3. The SMILES string of the molecule is C=C(C)[C@@H]1CCC(C)=C[C@H]1c1c(O)cc(CCC)cc1OC(=O)C1(OP(=O)(O)OCCCCCCCCCC)CCCC1. The molecule has 0 amide bonds. The molecular formula is C35H55O7P. The molecule has 2 aliphatic carbocycles. The van der Waals surface area contributed by atoms with Crippen molar-refractivity contribution in [2.24, 2.45) is 5.92 Å². The van der Waals surface area contributed by atoms with E-state index >= 15 is 0 Å². The van der Waals surface area contributed by atoms with Crippen molar-refractivity contribution in [2.75, 3.05) is 6.61 Å². The Morgan fingerprint density at radius 2 is 1.70 bits per heavy atom. The summed E-state index contributed by atoms with van der Waals surface area (Å²) < 4.78 is 30.2. The summed E-state index contributed by atoms with van der Waals surface area (Å²) in [5.41, 5.74) is 2.05. The molecule has 3 rings (SSSR count). The molecule has 242 valence electrons. The van der Waals surface area contributed by atoms with E-state index in [1.807, 2.05) is 13.0 Å². The van der Waals surface area contributed by atoms with Crippen LogP contribution in [0.2, 0.25) is 0 Å². The molecule has 2 N–H and O–H groups in total. The smallest absolute Gasteiger partial charge is 0.473 e. The molecule has 3 atom stereocenters. The molecule has 0 aliphatic heterocycles. The summed E-state index contributed by atoms with van der Waals surface area (Å²) in [7, 11) is -4.51. The third-order valence-electron chi connectivity index (χ3n) is 8.96. The molecule has 1 unspecified atom stereocenters. The van der Waals surface area contributed by atoms with Gasteiger partial charge in [0, 0.05) is 11.5 Å². The van der Waals surface area contributed by atoms with Gasteiger partial charge in [0.15, 0.2) is 5.60 Å². The van der Waals surface area contributed by atoms with Gasteiger partial charge in [-0.2, -0.15) is 0 Å². The number of ether oxygens (including phenoxy) is 1. The van der Waals surface area contributed by atoms with Gasteiger partial charge in [0.2, 0.25) is 0 Å². The molecule has 1 fully saturated rings. The number of hydrogen-bond donors (Lipinski definition) is 2. The van der Waals surface area contributed by atoms with Crippen LogP contribution >= 0.6 is 7.82 Å². The first-order valence-corrected chi connectivity index (χ1v) is 18.1. The van der Waals surface area contributed by atoms with E-state index in [4.69, 9.17) is 13.8 Å². The first kappa shape index (κ1) is 35.6. The Morgan fingerprint density at radius 1 is 1.05 bits per heavy atom. The molecule has 43 heavy (non-hydrogen) atoms. The number of aromatic hydroxyl groups is 1. The largest absolute Gasteiger partial charge is 0.507 e. The zero-order chi connectivity index (χ0) is 31.5. The molecule has 1 aromatic carbocycles. The standard InChI is InChI=1S/C35H55O7P/c1-6-8-9-10-11-12-13-16-22-40-43(38,39)42-35(20-14-15-21-35)34(37)41-32-25-28(17-7-2)24-31(36)33(32)30-23-27(5)18-19-29(30)26(3)4/h23-25,29-30,36H,3,6-22H2,1-2,4-5H3,(H,38,39)/t29-,30+/m0/s1. The monoisotopic (exact) mass is 618 g/mol. The number of phosphoric acid groups is 1. The van der Waals surface area contributed by atoms with Gasteiger partial charge in [0.05, 0.1) is 6.61 Å². The Morgan fingerprint density at radius 3 is 2.33 bits per heavy atom. The fourth-order valence-corrected chi connectivity index (χ4v) is 7.67. The van der Waals surface area contributed by atoms with Gasteiger partial charge in [-0.05, 0) is 88.8 Å². The van der Waals surface area contributed by atoms with E-state index in [0.29, 0.717) is 31.2 Å². The number of phenols is 1. The predicted molar refractivity (Wildman–Crippen MR) is 172 cm³/mol. The van der Waals surface area contributed by atoms with Crippen LogP contribution in [0.5, 0.6) is 11.5 Å². The first-order chi connectivity index (χ1) is 20.5. The Kier molecular flexibility index (Phi) is 14.0. The molecule has 1 aromatic rings. The summed E-state index contributed by atoms with van der Waals surface area (Å²) in [6, 6.07) is 3.58. The highest BCUT2D eigenvalue weighted by Gasteiger charge is 2.50.